The van der Waals surface area contributed by atoms with Crippen LogP contribution in [0.1, 0.15) is 12.5 Å². The molecule has 22 heavy (non-hydrogen) atoms. The minimum absolute atomic E-state index is 0.0109. The van der Waals surface area contributed by atoms with E-state index in [4.69, 9.17) is 4.74 Å². The molecule has 1 aromatic carbocycles. The number of carbonyl (C=O) groups excluding carboxylic acids is 1. The summed E-state index contributed by atoms with van der Waals surface area (Å²) in [5.41, 5.74) is 1.18. The normalized spacial score (nSPS) is 20.4. The first kappa shape index (κ1) is 16.8. The number of nitrogens with zero attached hydrogens (tertiary/aromatic N) is 2. The van der Waals surface area contributed by atoms with Gasteiger partial charge < -0.3 is 15.0 Å². The van der Waals surface area contributed by atoms with Gasteiger partial charge in [0.1, 0.15) is 5.75 Å². The Labute approximate surface area is 133 Å². The van der Waals surface area contributed by atoms with E-state index in [0.717, 1.165) is 38.5 Å². The molecule has 0 bridgehead atoms. The third-order valence-electron chi connectivity index (χ3n) is 4.09. The lowest BCUT2D eigenvalue weighted by molar-refractivity contribution is -0.125. The van der Waals surface area contributed by atoms with Gasteiger partial charge in [0.05, 0.1) is 12.5 Å². The molecule has 1 atom stereocenters. The molecule has 5 heteroatoms. The van der Waals surface area contributed by atoms with Crippen LogP contribution < -0.4 is 10.1 Å². The molecule has 1 saturated heterocycles. The van der Waals surface area contributed by atoms with Crippen LogP contribution in [0.25, 0.3) is 0 Å². The minimum atomic E-state index is 0.0109. The topological polar surface area (TPSA) is 44.8 Å². The fourth-order valence-electron chi connectivity index (χ4n) is 2.93. The number of carbonyl (C=O) groups is 1. The smallest absolute Gasteiger partial charge is 0.225 e. The second kappa shape index (κ2) is 8.15. The van der Waals surface area contributed by atoms with Crippen molar-refractivity contribution in [2.45, 2.75) is 13.5 Å². The van der Waals surface area contributed by atoms with Gasteiger partial charge in [-0.25, -0.2) is 0 Å². The zero-order valence-electron chi connectivity index (χ0n) is 13.8. The molecular weight excluding hydrogens is 278 g/mol. The lowest BCUT2D eigenvalue weighted by atomic mass is 10.1. The van der Waals surface area contributed by atoms with Crippen molar-refractivity contribution in [3.05, 3.63) is 29.8 Å². The first-order valence-corrected chi connectivity index (χ1v) is 7.97. The summed E-state index contributed by atoms with van der Waals surface area (Å²) in [4.78, 5) is 16.6. The molecule has 0 saturated carbocycles. The van der Waals surface area contributed by atoms with Gasteiger partial charge in [-0.2, -0.15) is 0 Å². The minimum Gasteiger partial charge on any atom is -0.494 e. The Hall–Kier alpha value is -1.59. The predicted molar refractivity (Wildman–Crippen MR) is 87.9 cm³/mol. The van der Waals surface area contributed by atoms with Gasteiger partial charge in [-0.05, 0) is 20.0 Å². The van der Waals surface area contributed by atoms with E-state index < -0.39 is 0 Å². The van der Waals surface area contributed by atoms with Crippen molar-refractivity contribution < 1.29 is 9.53 Å². The summed E-state index contributed by atoms with van der Waals surface area (Å²) in [5.74, 6) is 1.08. The number of hydrogen-bond acceptors (Lipinski definition) is 4. The summed E-state index contributed by atoms with van der Waals surface area (Å²) >= 11 is 0. The summed E-state index contributed by atoms with van der Waals surface area (Å²) in [6.07, 6.45) is 0. The SMILES string of the molecule is CCOc1ccccc1CN1CCN(C)C[C@@H](C(=O)NC)C1. The lowest BCUT2D eigenvalue weighted by Crippen LogP contribution is -2.39. The van der Waals surface area contributed by atoms with Crippen LogP contribution in [0.15, 0.2) is 24.3 Å². The molecule has 0 aliphatic carbocycles. The maximum atomic E-state index is 12.0. The Morgan fingerprint density at radius 3 is 2.82 bits per heavy atom. The Kier molecular flexibility index (Phi) is 6.21. The summed E-state index contributed by atoms with van der Waals surface area (Å²) in [7, 11) is 3.79. The van der Waals surface area contributed by atoms with Crippen LogP contribution in [0.4, 0.5) is 0 Å². The number of likely N-dealkylation sites (N-methyl/N-ethyl adjacent to an activating group) is 1. The van der Waals surface area contributed by atoms with Gasteiger partial charge in [0.25, 0.3) is 0 Å². The second-order valence-corrected chi connectivity index (χ2v) is 5.85. The molecule has 122 valence electrons. The van der Waals surface area contributed by atoms with Crippen LogP contribution in [0.2, 0.25) is 0 Å². The van der Waals surface area contributed by atoms with E-state index in [-0.39, 0.29) is 11.8 Å². The highest BCUT2D eigenvalue weighted by atomic mass is 16.5. The molecule has 1 aliphatic rings. The van der Waals surface area contributed by atoms with E-state index in [0.29, 0.717) is 6.61 Å². The van der Waals surface area contributed by atoms with Crippen molar-refractivity contribution in [1.82, 2.24) is 15.1 Å². The van der Waals surface area contributed by atoms with Crippen molar-refractivity contribution in [3.8, 4) is 5.75 Å². The van der Waals surface area contributed by atoms with Crippen LogP contribution in [-0.4, -0.2) is 62.6 Å². The molecule has 0 radical (unpaired) electrons. The molecule has 1 fully saturated rings. The zero-order chi connectivity index (χ0) is 15.9. The van der Waals surface area contributed by atoms with Gasteiger partial charge in [0, 0.05) is 45.3 Å². The maximum absolute atomic E-state index is 12.0. The van der Waals surface area contributed by atoms with Crippen LogP contribution in [-0.2, 0) is 11.3 Å². The van der Waals surface area contributed by atoms with Gasteiger partial charge in [-0.15, -0.1) is 0 Å². The molecule has 0 aromatic heterocycles. The van der Waals surface area contributed by atoms with Crippen molar-refractivity contribution in [1.29, 1.82) is 0 Å². The van der Waals surface area contributed by atoms with Gasteiger partial charge >= 0.3 is 0 Å². The summed E-state index contributed by atoms with van der Waals surface area (Å²) < 4.78 is 5.71. The van der Waals surface area contributed by atoms with Crippen molar-refractivity contribution in [2.24, 2.45) is 5.92 Å². The number of amides is 1. The van der Waals surface area contributed by atoms with Crippen molar-refractivity contribution in [3.63, 3.8) is 0 Å². The Morgan fingerprint density at radius 1 is 1.32 bits per heavy atom. The van der Waals surface area contributed by atoms with E-state index in [1.807, 2.05) is 25.1 Å². The first-order chi connectivity index (χ1) is 10.6. The summed E-state index contributed by atoms with van der Waals surface area (Å²) in [6.45, 7) is 7.01. The zero-order valence-corrected chi connectivity index (χ0v) is 13.8. The maximum Gasteiger partial charge on any atom is 0.225 e. The van der Waals surface area contributed by atoms with E-state index >= 15 is 0 Å². The molecule has 1 amide bonds. The largest absolute Gasteiger partial charge is 0.494 e. The highest BCUT2D eigenvalue weighted by molar-refractivity contribution is 5.78. The van der Waals surface area contributed by atoms with Crippen LogP contribution in [0.3, 0.4) is 0 Å². The average Bonchev–Trinajstić information content (AvgIpc) is 2.71. The number of rotatable bonds is 5. The fraction of sp³-hybridized carbons (Fsp3) is 0.588. The number of para-hydroxylation sites is 1. The Morgan fingerprint density at radius 2 is 2.09 bits per heavy atom. The van der Waals surface area contributed by atoms with Crippen molar-refractivity contribution >= 4 is 5.91 Å². The summed E-state index contributed by atoms with van der Waals surface area (Å²) in [5, 5.41) is 2.78. The van der Waals surface area contributed by atoms with E-state index in [9.17, 15) is 4.79 Å². The number of benzene rings is 1. The molecule has 2 rings (SSSR count). The van der Waals surface area contributed by atoms with E-state index in [1.165, 1.54) is 5.56 Å². The molecular formula is C17H27N3O2. The molecule has 1 N–H and O–H groups in total. The molecule has 1 heterocycles. The first-order valence-electron chi connectivity index (χ1n) is 7.97. The Balaban J connectivity index is 2.09. The number of ether oxygens (including phenoxy) is 1. The molecule has 0 spiro atoms. The van der Waals surface area contributed by atoms with Crippen LogP contribution in [0.5, 0.6) is 5.75 Å². The molecule has 1 aromatic rings. The quantitative estimate of drug-likeness (QED) is 0.888. The third kappa shape index (κ3) is 4.45. The lowest BCUT2D eigenvalue weighted by Gasteiger charge is -2.24. The highest BCUT2D eigenvalue weighted by Crippen LogP contribution is 2.21. The standard InChI is InChI=1S/C17H27N3O2/c1-4-22-16-8-6-5-7-14(16)12-20-10-9-19(3)11-15(13-20)17(21)18-2/h5-8,15H,4,9-13H2,1-3H3,(H,18,21)/t15-/m1/s1. The van der Waals surface area contributed by atoms with Crippen LogP contribution >= 0.6 is 0 Å². The second-order valence-electron chi connectivity index (χ2n) is 5.85. The number of nitrogens with one attached hydrogen (secondary N) is 1. The fourth-order valence-corrected chi connectivity index (χ4v) is 2.93. The number of hydrogen-bond donors (Lipinski definition) is 1. The summed E-state index contributed by atoms with van der Waals surface area (Å²) in [6, 6.07) is 8.16. The van der Waals surface area contributed by atoms with E-state index in [2.05, 4.69) is 28.2 Å². The average molecular weight is 305 g/mol. The predicted octanol–water partition coefficient (Wildman–Crippen LogP) is 1.19. The molecule has 0 unspecified atom stereocenters. The van der Waals surface area contributed by atoms with Crippen molar-refractivity contribution in [2.75, 3.05) is 46.9 Å². The Bertz CT molecular complexity index is 493. The van der Waals surface area contributed by atoms with Gasteiger partial charge in [-0.1, -0.05) is 18.2 Å². The van der Waals surface area contributed by atoms with Crippen LogP contribution in [0, 0.1) is 5.92 Å². The highest BCUT2D eigenvalue weighted by Gasteiger charge is 2.26. The van der Waals surface area contributed by atoms with Gasteiger partial charge in [0.2, 0.25) is 5.91 Å². The monoisotopic (exact) mass is 305 g/mol. The third-order valence-corrected chi connectivity index (χ3v) is 4.09. The van der Waals surface area contributed by atoms with Gasteiger partial charge in [0.15, 0.2) is 0 Å². The molecule has 5 nitrogen and oxygen atoms in total. The molecule has 1 aliphatic heterocycles. The van der Waals surface area contributed by atoms with E-state index in [1.54, 1.807) is 7.05 Å². The van der Waals surface area contributed by atoms with Gasteiger partial charge in [-0.3, -0.25) is 9.69 Å².